The summed E-state index contributed by atoms with van der Waals surface area (Å²) in [5.74, 6) is -0.442. The van der Waals surface area contributed by atoms with E-state index in [0.717, 1.165) is 5.56 Å². The van der Waals surface area contributed by atoms with Crippen LogP contribution in [-0.4, -0.2) is 48.8 Å². The molecule has 2 fully saturated rings. The fraction of sp³-hybridized carbons (Fsp3) is 0.500. The average molecular weight is 317 g/mol. The van der Waals surface area contributed by atoms with Crippen molar-refractivity contribution >= 4 is 29.2 Å². The van der Waals surface area contributed by atoms with E-state index in [0.29, 0.717) is 17.2 Å². The molecule has 0 bridgehead atoms. The van der Waals surface area contributed by atoms with Crippen molar-refractivity contribution in [2.45, 2.75) is 13.8 Å². The predicted molar refractivity (Wildman–Crippen MR) is 80.3 cm³/mol. The third-order valence-corrected chi connectivity index (χ3v) is 4.10. The molecule has 20 heavy (non-hydrogen) atoms. The van der Waals surface area contributed by atoms with E-state index in [-0.39, 0.29) is 5.02 Å². The van der Waals surface area contributed by atoms with Crippen LogP contribution in [-0.2, 0) is 4.74 Å². The number of hydrazine groups is 1. The van der Waals surface area contributed by atoms with Gasteiger partial charge in [0.1, 0.15) is 0 Å². The lowest BCUT2D eigenvalue weighted by Crippen LogP contribution is -2.68. The smallest absolute Gasteiger partial charge is 0.339 e. The van der Waals surface area contributed by atoms with Gasteiger partial charge in [0.05, 0.1) is 22.2 Å². The van der Waals surface area contributed by atoms with Gasteiger partial charge in [-0.1, -0.05) is 23.2 Å². The lowest BCUT2D eigenvalue weighted by atomic mass is 10.1. The number of rotatable bonds is 2. The van der Waals surface area contributed by atoms with Crippen molar-refractivity contribution in [2.75, 3.05) is 32.8 Å². The Hall–Kier alpha value is -0.810. The first-order valence-corrected chi connectivity index (χ1v) is 7.41. The average Bonchev–Trinajstić information content (AvgIpc) is 2.39. The quantitative estimate of drug-likeness (QED) is 0.785. The summed E-state index contributed by atoms with van der Waals surface area (Å²) in [6.45, 7) is 9.18. The molecule has 0 spiro atoms. The molecule has 0 aromatic heterocycles. The molecule has 2 heterocycles. The molecular weight excluding hydrogens is 299 g/mol. The first kappa shape index (κ1) is 15.6. The Morgan fingerprint density at radius 1 is 1.20 bits per heavy atom. The maximum Gasteiger partial charge on any atom is 0.339 e. The fourth-order valence-electron chi connectivity index (χ4n) is 2.07. The van der Waals surface area contributed by atoms with Gasteiger partial charge in [0.2, 0.25) is 0 Å². The van der Waals surface area contributed by atoms with E-state index in [1.165, 1.54) is 26.2 Å². The maximum atomic E-state index is 11.4. The lowest BCUT2D eigenvalue weighted by Gasteiger charge is -2.52. The molecule has 0 N–H and O–H groups in total. The van der Waals surface area contributed by atoms with Crippen LogP contribution in [0.1, 0.15) is 22.8 Å². The van der Waals surface area contributed by atoms with E-state index >= 15 is 0 Å². The van der Waals surface area contributed by atoms with E-state index in [4.69, 9.17) is 27.9 Å². The normalized spacial score (nSPS) is 17.2. The van der Waals surface area contributed by atoms with Crippen LogP contribution in [0.25, 0.3) is 0 Å². The maximum absolute atomic E-state index is 11.4. The van der Waals surface area contributed by atoms with Crippen molar-refractivity contribution in [3.05, 3.63) is 33.3 Å². The number of hydrogen-bond acceptors (Lipinski definition) is 4. The highest BCUT2D eigenvalue weighted by atomic mass is 35.5. The number of hydrogen-bond donors (Lipinski definition) is 0. The van der Waals surface area contributed by atoms with Gasteiger partial charge in [-0.05, 0) is 31.5 Å². The molecule has 2 aliphatic heterocycles. The number of piperazine rings is 1. The number of carbonyl (C=O) groups is 1. The largest absolute Gasteiger partial charge is 0.462 e. The summed E-state index contributed by atoms with van der Waals surface area (Å²) in [6.07, 6.45) is 0. The van der Waals surface area contributed by atoms with Crippen LogP contribution in [0.4, 0.5) is 0 Å². The number of ether oxygens (including phenoxy) is 1. The molecule has 0 saturated carbocycles. The summed E-state index contributed by atoms with van der Waals surface area (Å²) < 4.78 is 4.84. The van der Waals surface area contributed by atoms with Gasteiger partial charge in [-0.25, -0.2) is 14.8 Å². The Balaban J connectivity index is 0.000000198. The molecule has 6 heteroatoms. The second-order valence-corrected chi connectivity index (χ2v) is 5.52. The molecule has 1 aromatic rings. The van der Waals surface area contributed by atoms with Gasteiger partial charge in [-0.2, -0.15) is 0 Å². The van der Waals surface area contributed by atoms with Crippen molar-refractivity contribution < 1.29 is 9.53 Å². The first-order chi connectivity index (χ1) is 9.52. The number of aryl methyl sites for hydroxylation is 1. The van der Waals surface area contributed by atoms with Crippen molar-refractivity contribution in [2.24, 2.45) is 0 Å². The van der Waals surface area contributed by atoms with Gasteiger partial charge in [-0.15, -0.1) is 0 Å². The molecule has 1 aromatic carbocycles. The Morgan fingerprint density at radius 3 is 2.15 bits per heavy atom. The van der Waals surface area contributed by atoms with Gasteiger partial charge in [0, 0.05) is 26.2 Å². The van der Waals surface area contributed by atoms with Crippen molar-refractivity contribution in [1.29, 1.82) is 0 Å². The first-order valence-electron chi connectivity index (χ1n) is 6.65. The van der Waals surface area contributed by atoms with Crippen LogP contribution in [0.3, 0.4) is 0 Å². The van der Waals surface area contributed by atoms with Crippen molar-refractivity contribution in [3.63, 3.8) is 0 Å². The van der Waals surface area contributed by atoms with Gasteiger partial charge in [0.25, 0.3) is 0 Å². The van der Waals surface area contributed by atoms with Crippen molar-refractivity contribution in [3.8, 4) is 0 Å². The highest BCUT2D eigenvalue weighted by Gasteiger charge is 2.32. The molecule has 0 atom stereocenters. The highest BCUT2D eigenvalue weighted by Crippen LogP contribution is 2.27. The summed E-state index contributed by atoms with van der Waals surface area (Å²) in [7, 11) is 0. The van der Waals surface area contributed by atoms with Gasteiger partial charge in [0.15, 0.2) is 0 Å². The molecule has 110 valence electrons. The van der Waals surface area contributed by atoms with E-state index in [1.54, 1.807) is 19.1 Å². The standard InChI is InChI=1S/C10H10Cl2O2.C4H8N2/c1-3-14-10(13)7-4-6(2)5-8(11)9(7)12;1-2-6-4-3-5(1)6/h4-5H,3H2,1-2H3;1-4H2. The third-order valence-electron chi connectivity index (χ3n) is 3.30. The minimum atomic E-state index is -0.442. The highest BCUT2D eigenvalue weighted by molar-refractivity contribution is 6.43. The molecule has 4 nitrogen and oxygen atoms in total. The van der Waals surface area contributed by atoms with Crippen molar-refractivity contribution in [1.82, 2.24) is 10.0 Å². The zero-order valence-corrected chi connectivity index (χ0v) is 13.2. The Labute approximate surface area is 129 Å². The Bertz CT molecular complexity index is 490. The molecule has 3 rings (SSSR count). The van der Waals surface area contributed by atoms with Crippen LogP contribution < -0.4 is 0 Å². The molecule has 0 aliphatic carbocycles. The number of esters is 1. The van der Waals surface area contributed by atoms with Crippen LogP contribution in [0.2, 0.25) is 10.0 Å². The number of fused-ring (bicyclic) bond motifs is 1. The second-order valence-electron chi connectivity index (χ2n) is 4.74. The predicted octanol–water partition coefficient (Wildman–Crippen LogP) is 3.01. The third kappa shape index (κ3) is 3.44. The number of benzene rings is 1. The number of nitrogens with zero attached hydrogens (tertiary/aromatic N) is 2. The lowest BCUT2D eigenvalue weighted by molar-refractivity contribution is -0.189. The zero-order chi connectivity index (χ0) is 14.7. The molecular formula is C14H18Cl2N2O2. The SMILES string of the molecule is C1CN2CCN12.CCOC(=O)c1cc(C)cc(Cl)c1Cl. The summed E-state index contributed by atoms with van der Waals surface area (Å²) in [6, 6.07) is 3.36. The van der Waals surface area contributed by atoms with Crippen LogP contribution >= 0.6 is 23.2 Å². The number of halogens is 2. The zero-order valence-electron chi connectivity index (χ0n) is 11.7. The van der Waals surface area contributed by atoms with Crippen LogP contribution in [0, 0.1) is 6.92 Å². The van der Waals surface area contributed by atoms with Crippen LogP contribution in [0.15, 0.2) is 12.1 Å². The summed E-state index contributed by atoms with van der Waals surface area (Å²) >= 11 is 11.7. The molecule has 2 saturated heterocycles. The molecule has 0 amide bonds. The van der Waals surface area contributed by atoms with Crippen LogP contribution in [0.5, 0.6) is 0 Å². The topological polar surface area (TPSA) is 32.8 Å². The summed E-state index contributed by atoms with van der Waals surface area (Å²) in [5, 5.41) is 5.34. The van der Waals surface area contributed by atoms with E-state index in [2.05, 4.69) is 10.0 Å². The van der Waals surface area contributed by atoms with Gasteiger partial charge in [-0.3, -0.25) is 0 Å². The van der Waals surface area contributed by atoms with E-state index in [9.17, 15) is 4.79 Å². The minimum absolute atomic E-state index is 0.246. The Morgan fingerprint density at radius 2 is 1.75 bits per heavy atom. The monoisotopic (exact) mass is 316 g/mol. The van der Waals surface area contributed by atoms with Gasteiger partial charge < -0.3 is 4.74 Å². The fourth-order valence-corrected chi connectivity index (χ4v) is 2.53. The van der Waals surface area contributed by atoms with Gasteiger partial charge >= 0.3 is 5.97 Å². The summed E-state index contributed by atoms with van der Waals surface area (Å²) in [5.41, 5.74) is 1.20. The summed E-state index contributed by atoms with van der Waals surface area (Å²) in [4.78, 5) is 11.4. The second kappa shape index (κ2) is 6.76. The number of carbonyl (C=O) groups excluding carboxylic acids is 1. The molecule has 0 radical (unpaired) electrons. The van der Waals surface area contributed by atoms with E-state index in [1.807, 2.05) is 6.92 Å². The minimum Gasteiger partial charge on any atom is -0.462 e. The molecule has 0 unspecified atom stereocenters. The molecule has 2 aliphatic rings. The van der Waals surface area contributed by atoms with E-state index < -0.39 is 5.97 Å². The Kier molecular flexibility index (Phi) is 5.27.